The zero-order valence-corrected chi connectivity index (χ0v) is 9.73. The van der Waals surface area contributed by atoms with Crippen molar-refractivity contribution < 1.29 is 14.6 Å². The number of hydrogen-bond acceptors (Lipinski definition) is 3. The third-order valence-corrected chi connectivity index (χ3v) is 2.98. The van der Waals surface area contributed by atoms with Crippen LogP contribution in [0.15, 0.2) is 0 Å². The number of aliphatic carboxylic acids is 1. The van der Waals surface area contributed by atoms with Gasteiger partial charge in [0.25, 0.3) is 0 Å². The molecule has 2 rings (SSSR count). The second kappa shape index (κ2) is 3.81. The average molecular weight is 224 g/mol. The van der Waals surface area contributed by atoms with Crippen LogP contribution >= 0.6 is 0 Å². The van der Waals surface area contributed by atoms with E-state index in [0.717, 1.165) is 24.2 Å². The molecule has 16 heavy (non-hydrogen) atoms. The van der Waals surface area contributed by atoms with Crippen molar-refractivity contribution in [1.82, 2.24) is 9.78 Å². The van der Waals surface area contributed by atoms with Gasteiger partial charge in [-0.2, -0.15) is 5.10 Å². The van der Waals surface area contributed by atoms with E-state index in [9.17, 15) is 4.79 Å². The van der Waals surface area contributed by atoms with Gasteiger partial charge in [0.1, 0.15) is 5.69 Å². The first-order chi connectivity index (χ1) is 7.50. The molecular weight excluding hydrogens is 208 g/mol. The number of carboxylic acids is 1. The van der Waals surface area contributed by atoms with Gasteiger partial charge in [-0.3, -0.25) is 4.68 Å². The predicted molar refractivity (Wildman–Crippen MR) is 57.5 cm³/mol. The van der Waals surface area contributed by atoms with Crippen molar-refractivity contribution in [3.63, 3.8) is 0 Å². The van der Waals surface area contributed by atoms with Crippen LogP contribution in [0.4, 0.5) is 0 Å². The largest absolute Gasteiger partial charge is 0.478 e. The fourth-order valence-corrected chi connectivity index (χ4v) is 1.80. The number of aromatic nitrogens is 2. The van der Waals surface area contributed by atoms with Crippen molar-refractivity contribution in [2.24, 2.45) is 13.0 Å². The Labute approximate surface area is 94.0 Å². The average Bonchev–Trinajstić information content (AvgIpc) is 2.97. The number of hydrogen-bond donors (Lipinski definition) is 1. The van der Waals surface area contributed by atoms with E-state index in [-0.39, 0.29) is 5.92 Å². The molecule has 1 saturated carbocycles. The van der Waals surface area contributed by atoms with E-state index in [2.05, 4.69) is 5.10 Å². The van der Waals surface area contributed by atoms with Crippen molar-refractivity contribution >= 4 is 5.97 Å². The summed E-state index contributed by atoms with van der Waals surface area (Å²) in [6.45, 7) is 3.70. The standard InChI is InChI=1S/C11H16N2O3/c1-6-9(7(2)13(3)12-6)16-10(11(14)15)8-4-5-8/h8,10H,4-5H2,1-3H3,(H,14,15). The molecule has 1 atom stereocenters. The smallest absolute Gasteiger partial charge is 0.345 e. The van der Waals surface area contributed by atoms with Crippen molar-refractivity contribution in [2.45, 2.75) is 32.8 Å². The minimum Gasteiger partial charge on any atom is -0.478 e. The van der Waals surface area contributed by atoms with Gasteiger partial charge in [0, 0.05) is 13.0 Å². The van der Waals surface area contributed by atoms with Crippen LogP contribution in [-0.4, -0.2) is 27.0 Å². The molecule has 1 heterocycles. The fraction of sp³-hybridized carbons (Fsp3) is 0.636. The maximum atomic E-state index is 11.1. The predicted octanol–water partition coefficient (Wildman–Crippen LogP) is 1.28. The van der Waals surface area contributed by atoms with Gasteiger partial charge in [0.05, 0.1) is 5.69 Å². The fourth-order valence-electron chi connectivity index (χ4n) is 1.80. The maximum Gasteiger partial charge on any atom is 0.345 e. The summed E-state index contributed by atoms with van der Waals surface area (Å²) in [6.07, 6.45) is 1.16. The molecule has 0 saturated heterocycles. The van der Waals surface area contributed by atoms with Crippen molar-refractivity contribution in [1.29, 1.82) is 0 Å². The maximum absolute atomic E-state index is 11.1. The highest BCUT2D eigenvalue weighted by molar-refractivity contribution is 5.73. The van der Waals surface area contributed by atoms with Gasteiger partial charge < -0.3 is 9.84 Å². The second-order valence-corrected chi connectivity index (χ2v) is 4.34. The Balaban J connectivity index is 2.21. The molecule has 1 aromatic heterocycles. The number of ether oxygens (including phenoxy) is 1. The van der Waals surface area contributed by atoms with E-state index in [1.807, 2.05) is 20.9 Å². The number of carbonyl (C=O) groups is 1. The van der Waals surface area contributed by atoms with E-state index in [1.165, 1.54) is 0 Å². The third kappa shape index (κ3) is 1.89. The molecule has 0 amide bonds. The molecule has 1 unspecified atom stereocenters. The number of aryl methyl sites for hydroxylation is 2. The molecule has 5 heteroatoms. The van der Waals surface area contributed by atoms with Crippen LogP contribution in [-0.2, 0) is 11.8 Å². The van der Waals surface area contributed by atoms with Gasteiger partial charge in [-0.05, 0) is 26.7 Å². The first kappa shape index (κ1) is 11.0. The molecule has 0 bridgehead atoms. The van der Waals surface area contributed by atoms with E-state index >= 15 is 0 Å². The van der Waals surface area contributed by atoms with Crippen LogP contribution in [0.1, 0.15) is 24.2 Å². The van der Waals surface area contributed by atoms with Gasteiger partial charge in [-0.25, -0.2) is 4.79 Å². The molecule has 0 spiro atoms. The van der Waals surface area contributed by atoms with Crippen LogP contribution in [0.25, 0.3) is 0 Å². The van der Waals surface area contributed by atoms with Gasteiger partial charge in [-0.1, -0.05) is 0 Å². The Morgan fingerprint density at radius 1 is 1.56 bits per heavy atom. The van der Waals surface area contributed by atoms with Crippen LogP contribution < -0.4 is 4.74 Å². The molecule has 1 fully saturated rings. The summed E-state index contributed by atoms with van der Waals surface area (Å²) < 4.78 is 7.30. The van der Waals surface area contributed by atoms with Crippen LogP contribution in [0.5, 0.6) is 5.75 Å². The number of rotatable bonds is 4. The summed E-state index contributed by atoms with van der Waals surface area (Å²) in [5.41, 5.74) is 1.61. The third-order valence-electron chi connectivity index (χ3n) is 2.98. The number of nitrogens with zero attached hydrogens (tertiary/aromatic N) is 2. The van der Waals surface area contributed by atoms with Gasteiger partial charge in [0.2, 0.25) is 0 Å². The molecule has 5 nitrogen and oxygen atoms in total. The van der Waals surface area contributed by atoms with Crippen LogP contribution in [0.2, 0.25) is 0 Å². The molecule has 88 valence electrons. The van der Waals surface area contributed by atoms with Gasteiger partial charge in [0.15, 0.2) is 11.9 Å². The highest BCUT2D eigenvalue weighted by Crippen LogP contribution is 2.36. The molecule has 1 aliphatic carbocycles. The monoisotopic (exact) mass is 224 g/mol. The highest BCUT2D eigenvalue weighted by Gasteiger charge is 2.39. The van der Waals surface area contributed by atoms with Crippen LogP contribution in [0, 0.1) is 19.8 Å². The van der Waals surface area contributed by atoms with E-state index in [1.54, 1.807) is 4.68 Å². The lowest BCUT2D eigenvalue weighted by atomic mass is 10.2. The first-order valence-electron chi connectivity index (χ1n) is 5.40. The highest BCUT2D eigenvalue weighted by atomic mass is 16.5. The Morgan fingerprint density at radius 3 is 2.56 bits per heavy atom. The lowest BCUT2D eigenvalue weighted by Crippen LogP contribution is -2.29. The SMILES string of the molecule is Cc1nn(C)c(C)c1OC(C(=O)O)C1CC1. The second-order valence-electron chi connectivity index (χ2n) is 4.34. The molecule has 1 aliphatic rings. The summed E-state index contributed by atoms with van der Waals surface area (Å²) in [7, 11) is 1.82. The van der Waals surface area contributed by atoms with Crippen molar-refractivity contribution in [3.05, 3.63) is 11.4 Å². The Kier molecular flexibility index (Phi) is 2.61. The van der Waals surface area contributed by atoms with E-state index in [0.29, 0.717) is 5.75 Å². The van der Waals surface area contributed by atoms with E-state index in [4.69, 9.17) is 9.84 Å². The van der Waals surface area contributed by atoms with Crippen LogP contribution in [0.3, 0.4) is 0 Å². The molecule has 0 radical (unpaired) electrons. The summed E-state index contributed by atoms with van der Waals surface area (Å²) in [4.78, 5) is 11.1. The molecule has 0 aliphatic heterocycles. The van der Waals surface area contributed by atoms with Gasteiger partial charge in [-0.15, -0.1) is 0 Å². The zero-order valence-electron chi connectivity index (χ0n) is 9.73. The summed E-state index contributed by atoms with van der Waals surface area (Å²) in [5, 5.41) is 13.3. The zero-order chi connectivity index (χ0) is 11.9. The minimum absolute atomic E-state index is 0.163. The summed E-state index contributed by atoms with van der Waals surface area (Å²) in [6, 6.07) is 0. The topological polar surface area (TPSA) is 64.4 Å². The Morgan fingerprint density at radius 2 is 2.19 bits per heavy atom. The molecule has 1 aromatic rings. The van der Waals surface area contributed by atoms with Crippen molar-refractivity contribution in [2.75, 3.05) is 0 Å². The summed E-state index contributed by atoms with van der Waals surface area (Å²) in [5.74, 6) is -0.108. The molecule has 1 N–H and O–H groups in total. The van der Waals surface area contributed by atoms with Gasteiger partial charge >= 0.3 is 5.97 Å². The Bertz CT molecular complexity index is 421. The lowest BCUT2D eigenvalue weighted by Gasteiger charge is -2.14. The van der Waals surface area contributed by atoms with Crippen molar-refractivity contribution in [3.8, 4) is 5.75 Å². The summed E-state index contributed by atoms with van der Waals surface area (Å²) >= 11 is 0. The lowest BCUT2D eigenvalue weighted by molar-refractivity contribution is -0.146. The normalized spacial score (nSPS) is 17.2. The quantitative estimate of drug-likeness (QED) is 0.836. The minimum atomic E-state index is -0.884. The molecule has 0 aromatic carbocycles. The molecular formula is C11H16N2O3. The first-order valence-corrected chi connectivity index (χ1v) is 5.40. The number of carboxylic acid groups (broad SMARTS) is 1. The Hall–Kier alpha value is -1.52. The van der Waals surface area contributed by atoms with E-state index < -0.39 is 12.1 Å².